The van der Waals surface area contributed by atoms with Crippen LogP contribution in [-0.4, -0.2) is 66.1 Å². The van der Waals surface area contributed by atoms with Crippen LogP contribution in [-0.2, 0) is 13.0 Å². The minimum Gasteiger partial charge on any atom is -0.534 e. The molecule has 2 aliphatic rings. The zero-order valence-corrected chi connectivity index (χ0v) is 16.5. The first-order valence-corrected chi connectivity index (χ1v) is 10.0. The molecule has 1 unspecified atom stereocenters. The number of carboxylic acid groups (broad SMARTS) is 1. The second-order valence-corrected chi connectivity index (χ2v) is 7.62. The highest BCUT2D eigenvalue weighted by Gasteiger charge is 2.37. The number of aromatic carboxylic acids is 1. The number of carbonyl (C=O) groups is 2. The van der Waals surface area contributed by atoms with Gasteiger partial charge in [-0.1, -0.05) is 24.3 Å². The minimum absolute atomic E-state index is 0.00283. The van der Waals surface area contributed by atoms with Gasteiger partial charge in [-0.15, -0.1) is 0 Å². The maximum Gasteiger partial charge on any atom is 0.547 e. The summed E-state index contributed by atoms with van der Waals surface area (Å²) in [5.74, 6) is -1.95. The normalized spacial score (nSPS) is 19.0. The van der Waals surface area contributed by atoms with Gasteiger partial charge in [0.2, 0.25) is 0 Å². The number of fused-ring (bicyclic) bond motifs is 1. The quantitative estimate of drug-likeness (QED) is 0.534. The molecule has 30 heavy (non-hydrogen) atoms. The maximum atomic E-state index is 12.8. The van der Waals surface area contributed by atoms with Gasteiger partial charge in [-0.25, -0.2) is 4.79 Å². The van der Waals surface area contributed by atoms with E-state index in [1.165, 1.54) is 6.07 Å². The van der Waals surface area contributed by atoms with E-state index in [0.29, 0.717) is 11.1 Å². The lowest BCUT2D eigenvalue weighted by molar-refractivity contribution is 0.0693. The van der Waals surface area contributed by atoms with Gasteiger partial charge < -0.3 is 25.4 Å². The van der Waals surface area contributed by atoms with Crippen molar-refractivity contribution in [3.8, 4) is 5.75 Å². The first-order valence-electron chi connectivity index (χ1n) is 10.0. The van der Waals surface area contributed by atoms with Gasteiger partial charge in [0.25, 0.3) is 5.91 Å². The van der Waals surface area contributed by atoms with E-state index in [2.05, 4.69) is 15.5 Å². The van der Waals surface area contributed by atoms with Gasteiger partial charge >= 0.3 is 13.1 Å². The van der Waals surface area contributed by atoms with Gasteiger partial charge in [0, 0.05) is 38.3 Å². The molecule has 1 atom stereocenters. The van der Waals surface area contributed by atoms with Crippen LogP contribution < -0.4 is 15.3 Å². The van der Waals surface area contributed by atoms with E-state index in [-0.39, 0.29) is 23.6 Å². The van der Waals surface area contributed by atoms with Crippen LogP contribution in [0.15, 0.2) is 42.5 Å². The van der Waals surface area contributed by atoms with Gasteiger partial charge in [-0.3, -0.25) is 9.69 Å². The van der Waals surface area contributed by atoms with Crippen molar-refractivity contribution in [2.45, 2.75) is 18.9 Å². The number of nitrogens with one attached hydrogen (secondary N) is 2. The summed E-state index contributed by atoms with van der Waals surface area (Å²) in [5, 5.41) is 25.8. The fraction of sp³-hybridized carbons (Fsp3) is 0.333. The van der Waals surface area contributed by atoms with Gasteiger partial charge in [-0.2, -0.15) is 0 Å². The van der Waals surface area contributed by atoms with Crippen molar-refractivity contribution in [2.24, 2.45) is 0 Å². The number of amides is 1. The number of carboxylic acids is 1. The summed E-state index contributed by atoms with van der Waals surface area (Å²) in [5.41, 5.74) is 2.20. The Kier molecular flexibility index (Phi) is 6.03. The lowest BCUT2D eigenvalue weighted by Gasteiger charge is -2.29. The van der Waals surface area contributed by atoms with Gasteiger partial charge in [0.15, 0.2) is 0 Å². The summed E-state index contributed by atoms with van der Waals surface area (Å²) >= 11 is 0. The number of nitrogens with zero attached hydrogens (tertiary/aromatic N) is 1. The zero-order chi connectivity index (χ0) is 21.1. The molecule has 2 aliphatic heterocycles. The number of piperazine rings is 1. The molecule has 8 nitrogen and oxygen atoms in total. The molecule has 2 heterocycles. The summed E-state index contributed by atoms with van der Waals surface area (Å²) in [6.45, 7) is 4.65. The van der Waals surface area contributed by atoms with Crippen LogP contribution in [0.2, 0.25) is 0 Å². The number of benzene rings is 2. The third kappa shape index (κ3) is 4.48. The molecule has 0 bridgehead atoms. The second kappa shape index (κ2) is 8.87. The molecule has 0 aromatic heterocycles. The molecule has 156 valence electrons. The Labute approximate surface area is 175 Å². The van der Waals surface area contributed by atoms with Crippen LogP contribution in [0.5, 0.6) is 5.75 Å². The number of hydrogen-bond donors (Lipinski definition) is 4. The Morgan fingerprint density at radius 3 is 2.73 bits per heavy atom. The SMILES string of the molecule is O=C(NC1Cc2cccc(C(=O)O)c2OB1O)c1cccc(CN2CCNCC2)c1. The molecule has 2 aromatic rings. The van der Waals surface area contributed by atoms with Crippen molar-refractivity contribution >= 4 is 19.0 Å². The summed E-state index contributed by atoms with van der Waals surface area (Å²) < 4.78 is 5.45. The molecule has 1 amide bonds. The topological polar surface area (TPSA) is 111 Å². The standard InChI is InChI=1S/C21H24BN3O5/c26-20(16-5-1-3-14(11-16)13-25-9-7-23-8-10-25)24-18-12-15-4-2-6-17(21(27)28)19(15)30-22(18)29/h1-6,11,18,23,29H,7-10,12-13H2,(H,24,26)(H,27,28). The highest BCUT2D eigenvalue weighted by atomic mass is 16.5. The highest BCUT2D eigenvalue weighted by Crippen LogP contribution is 2.30. The Morgan fingerprint density at radius 1 is 1.20 bits per heavy atom. The minimum atomic E-state index is -1.33. The van der Waals surface area contributed by atoms with E-state index in [9.17, 15) is 19.7 Å². The molecule has 4 N–H and O–H groups in total. The van der Waals surface area contributed by atoms with E-state index in [4.69, 9.17) is 4.65 Å². The van der Waals surface area contributed by atoms with Crippen molar-refractivity contribution in [1.29, 1.82) is 0 Å². The zero-order valence-electron chi connectivity index (χ0n) is 16.5. The van der Waals surface area contributed by atoms with E-state index in [1.807, 2.05) is 18.2 Å². The molecule has 0 spiro atoms. The van der Waals surface area contributed by atoms with E-state index < -0.39 is 19.0 Å². The monoisotopic (exact) mass is 409 g/mol. The average Bonchev–Trinajstić information content (AvgIpc) is 2.74. The van der Waals surface area contributed by atoms with Crippen LogP contribution >= 0.6 is 0 Å². The van der Waals surface area contributed by atoms with Crippen LogP contribution in [0.3, 0.4) is 0 Å². The highest BCUT2D eigenvalue weighted by molar-refractivity contribution is 6.47. The molecule has 9 heteroatoms. The first kappa shape index (κ1) is 20.4. The smallest absolute Gasteiger partial charge is 0.534 e. The largest absolute Gasteiger partial charge is 0.547 e. The Hall–Kier alpha value is -2.88. The molecule has 4 rings (SSSR count). The molecule has 0 aliphatic carbocycles. The Balaban J connectivity index is 1.44. The third-order valence-electron chi connectivity index (χ3n) is 5.47. The van der Waals surface area contributed by atoms with Crippen molar-refractivity contribution in [3.63, 3.8) is 0 Å². The van der Waals surface area contributed by atoms with Crippen LogP contribution in [0, 0.1) is 0 Å². The average molecular weight is 409 g/mol. The van der Waals surface area contributed by atoms with Gasteiger partial charge in [-0.05, 0) is 35.7 Å². The van der Waals surface area contributed by atoms with Crippen molar-refractivity contribution in [3.05, 3.63) is 64.7 Å². The van der Waals surface area contributed by atoms with E-state index in [0.717, 1.165) is 38.3 Å². The molecule has 0 radical (unpaired) electrons. The molecule has 0 saturated carbocycles. The van der Waals surface area contributed by atoms with E-state index >= 15 is 0 Å². The number of hydrogen-bond acceptors (Lipinski definition) is 6. The summed E-state index contributed by atoms with van der Waals surface area (Å²) in [7, 11) is -1.33. The predicted octanol–water partition coefficient (Wildman–Crippen LogP) is 0.543. The van der Waals surface area contributed by atoms with Crippen LogP contribution in [0.1, 0.15) is 31.8 Å². The van der Waals surface area contributed by atoms with Crippen LogP contribution in [0.25, 0.3) is 0 Å². The first-order chi connectivity index (χ1) is 14.5. The number of para-hydroxylation sites is 1. The molecular formula is C21H24BN3O5. The maximum absolute atomic E-state index is 12.8. The van der Waals surface area contributed by atoms with Crippen molar-refractivity contribution < 1.29 is 24.4 Å². The fourth-order valence-corrected chi connectivity index (χ4v) is 3.91. The lowest BCUT2D eigenvalue weighted by Crippen LogP contribution is -2.53. The number of rotatable bonds is 5. The van der Waals surface area contributed by atoms with Crippen molar-refractivity contribution in [1.82, 2.24) is 15.5 Å². The summed E-state index contributed by atoms with van der Waals surface area (Å²) in [4.78, 5) is 26.5. The van der Waals surface area contributed by atoms with Gasteiger partial charge in [0.1, 0.15) is 5.75 Å². The number of carbonyl (C=O) groups excluding carboxylic acids is 1. The Bertz CT molecular complexity index is 948. The summed E-state index contributed by atoms with van der Waals surface area (Å²) in [6.07, 6.45) is 0.282. The predicted molar refractivity (Wildman–Crippen MR) is 112 cm³/mol. The third-order valence-corrected chi connectivity index (χ3v) is 5.47. The Morgan fingerprint density at radius 2 is 1.97 bits per heavy atom. The molecule has 1 fully saturated rings. The lowest BCUT2D eigenvalue weighted by atomic mass is 9.72. The van der Waals surface area contributed by atoms with Crippen LogP contribution in [0.4, 0.5) is 0 Å². The molecular weight excluding hydrogens is 385 g/mol. The molecule has 1 saturated heterocycles. The molecule has 2 aromatic carbocycles. The van der Waals surface area contributed by atoms with E-state index in [1.54, 1.807) is 18.2 Å². The summed E-state index contributed by atoms with van der Waals surface area (Å²) in [6, 6.07) is 12.3. The fourth-order valence-electron chi connectivity index (χ4n) is 3.91. The van der Waals surface area contributed by atoms with Gasteiger partial charge in [0.05, 0.1) is 11.5 Å². The second-order valence-electron chi connectivity index (χ2n) is 7.62. The van der Waals surface area contributed by atoms with Crippen molar-refractivity contribution in [2.75, 3.05) is 26.2 Å².